The summed E-state index contributed by atoms with van der Waals surface area (Å²) in [6, 6.07) is 11.4. The van der Waals surface area contributed by atoms with E-state index in [0.717, 1.165) is 34.0 Å². The average Bonchev–Trinajstić information content (AvgIpc) is 3.10. The maximum absolute atomic E-state index is 12.4. The Bertz CT molecular complexity index is 1110. The summed E-state index contributed by atoms with van der Waals surface area (Å²) in [6.45, 7) is 2.08. The molecule has 0 aliphatic heterocycles. The number of sulfonamides is 1. The third-order valence-corrected chi connectivity index (χ3v) is 6.61. The number of nitro benzene ring substituents is 1. The second-order valence-corrected chi connectivity index (χ2v) is 9.06. The summed E-state index contributed by atoms with van der Waals surface area (Å²) in [7, 11) is -4.05. The Labute approximate surface area is 171 Å². The van der Waals surface area contributed by atoms with E-state index in [-0.39, 0.29) is 11.6 Å². The molecule has 0 saturated heterocycles. The van der Waals surface area contributed by atoms with E-state index in [1.807, 2.05) is 36.6 Å². The van der Waals surface area contributed by atoms with Crippen molar-refractivity contribution in [2.24, 2.45) is 0 Å². The largest absolute Gasteiger partial charge is 0.290 e. The molecule has 3 rings (SSSR count). The van der Waals surface area contributed by atoms with Crippen LogP contribution in [0.15, 0.2) is 52.7 Å². The van der Waals surface area contributed by atoms with Gasteiger partial charge < -0.3 is 0 Å². The summed E-state index contributed by atoms with van der Waals surface area (Å²) in [5.74, 6) is 0. The topological polar surface area (TPSA) is 102 Å². The second kappa shape index (κ2) is 8.36. The molecule has 0 atom stereocenters. The molecule has 2 aromatic carbocycles. The first-order valence-corrected chi connectivity index (χ1v) is 11.0. The molecule has 1 aromatic heterocycles. The molecule has 0 unspecified atom stereocenters. The van der Waals surface area contributed by atoms with Gasteiger partial charge in [0.05, 0.1) is 10.6 Å². The first kappa shape index (κ1) is 20.4. The van der Waals surface area contributed by atoms with E-state index in [9.17, 15) is 18.5 Å². The first-order chi connectivity index (χ1) is 13.3. The van der Waals surface area contributed by atoms with E-state index in [2.05, 4.69) is 9.71 Å². The van der Waals surface area contributed by atoms with Crippen LogP contribution in [0.3, 0.4) is 0 Å². The minimum Gasteiger partial charge on any atom is -0.258 e. The third-order valence-electron chi connectivity index (χ3n) is 3.93. The molecular formula is C18H16ClN3O4S2. The smallest absolute Gasteiger partial charge is 0.258 e. The zero-order valence-corrected chi connectivity index (χ0v) is 17.1. The lowest BCUT2D eigenvalue weighted by Crippen LogP contribution is -2.26. The predicted molar refractivity (Wildman–Crippen MR) is 109 cm³/mol. The SMILES string of the molecule is Cc1ccc(-c2nc(CCNS(=O)(=O)c3ccc(Cl)cc3[N+](=O)[O-])cs2)cc1. The molecule has 3 aromatic rings. The lowest BCUT2D eigenvalue weighted by atomic mass is 10.2. The van der Waals surface area contributed by atoms with Crippen LogP contribution in [0.2, 0.25) is 5.02 Å². The molecule has 0 spiro atoms. The summed E-state index contributed by atoms with van der Waals surface area (Å²) in [6.07, 6.45) is 0.364. The number of nitro groups is 1. The monoisotopic (exact) mass is 437 g/mol. The van der Waals surface area contributed by atoms with E-state index in [4.69, 9.17) is 11.6 Å². The molecule has 0 aliphatic rings. The van der Waals surface area contributed by atoms with Crippen LogP contribution in [0.25, 0.3) is 10.6 Å². The lowest BCUT2D eigenvalue weighted by Gasteiger charge is -2.07. The number of thiazole rings is 1. The molecule has 10 heteroatoms. The van der Waals surface area contributed by atoms with Crippen LogP contribution in [0.5, 0.6) is 0 Å². The van der Waals surface area contributed by atoms with E-state index in [0.29, 0.717) is 6.42 Å². The van der Waals surface area contributed by atoms with Gasteiger partial charge >= 0.3 is 0 Å². The molecule has 0 bridgehead atoms. The second-order valence-electron chi connectivity index (χ2n) is 6.03. The highest BCUT2D eigenvalue weighted by Gasteiger charge is 2.25. The Morgan fingerprint density at radius 1 is 1.21 bits per heavy atom. The van der Waals surface area contributed by atoms with Crippen molar-refractivity contribution in [1.82, 2.24) is 9.71 Å². The molecule has 146 valence electrons. The van der Waals surface area contributed by atoms with Crippen molar-refractivity contribution >= 4 is 38.6 Å². The van der Waals surface area contributed by atoms with Gasteiger partial charge in [-0.3, -0.25) is 10.1 Å². The summed E-state index contributed by atoms with van der Waals surface area (Å²) >= 11 is 7.21. The molecule has 0 radical (unpaired) electrons. The Morgan fingerprint density at radius 2 is 1.93 bits per heavy atom. The molecule has 1 heterocycles. The van der Waals surface area contributed by atoms with Gasteiger partial charge in [0, 0.05) is 35.0 Å². The number of nitrogens with one attached hydrogen (secondary N) is 1. The van der Waals surface area contributed by atoms with Crippen LogP contribution < -0.4 is 4.72 Å². The molecule has 1 N–H and O–H groups in total. The number of aryl methyl sites for hydroxylation is 1. The van der Waals surface area contributed by atoms with Gasteiger partial charge in [-0.15, -0.1) is 11.3 Å². The number of benzene rings is 2. The van der Waals surface area contributed by atoms with Crippen molar-refractivity contribution in [3.63, 3.8) is 0 Å². The van der Waals surface area contributed by atoms with Gasteiger partial charge in [-0.25, -0.2) is 18.1 Å². The maximum Gasteiger partial charge on any atom is 0.290 e. The van der Waals surface area contributed by atoms with Crippen molar-refractivity contribution in [2.75, 3.05) is 6.54 Å². The van der Waals surface area contributed by atoms with E-state index >= 15 is 0 Å². The van der Waals surface area contributed by atoms with Gasteiger partial charge in [-0.1, -0.05) is 41.4 Å². The lowest BCUT2D eigenvalue weighted by molar-refractivity contribution is -0.387. The van der Waals surface area contributed by atoms with E-state index < -0.39 is 25.5 Å². The van der Waals surface area contributed by atoms with Gasteiger partial charge in [0.25, 0.3) is 5.69 Å². The highest BCUT2D eigenvalue weighted by molar-refractivity contribution is 7.89. The van der Waals surface area contributed by atoms with Crippen molar-refractivity contribution in [1.29, 1.82) is 0 Å². The number of aromatic nitrogens is 1. The molecule has 28 heavy (non-hydrogen) atoms. The molecule has 7 nitrogen and oxygen atoms in total. The van der Waals surface area contributed by atoms with Crippen LogP contribution in [0, 0.1) is 17.0 Å². The van der Waals surface area contributed by atoms with Gasteiger partial charge in [0.15, 0.2) is 4.90 Å². The van der Waals surface area contributed by atoms with Crippen LogP contribution in [0.4, 0.5) is 5.69 Å². The summed E-state index contributed by atoms with van der Waals surface area (Å²) in [5, 5.41) is 13.9. The Balaban J connectivity index is 1.68. The van der Waals surface area contributed by atoms with Crippen molar-refractivity contribution < 1.29 is 13.3 Å². The summed E-state index contributed by atoms with van der Waals surface area (Å²) < 4.78 is 27.3. The normalized spacial score (nSPS) is 11.5. The number of nitrogens with zero attached hydrogens (tertiary/aromatic N) is 2. The molecular weight excluding hydrogens is 422 g/mol. The molecule has 0 fully saturated rings. The molecule has 0 saturated carbocycles. The highest BCUT2D eigenvalue weighted by Crippen LogP contribution is 2.27. The van der Waals surface area contributed by atoms with Crippen LogP contribution in [0.1, 0.15) is 11.3 Å². The summed E-state index contributed by atoms with van der Waals surface area (Å²) in [4.78, 5) is 14.5. The first-order valence-electron chi connectivity index (χ1n) is 8.21. The van der Waals surface area contributed by atoms with E-state index in [1.54, 1.807) is 0 Å². The Morgan fingerprint density at radius 3 is 2.61 bits per heavy atom. The van der Waals surface area contributed by atoms with Crippen LogP contribution >= 0.6 is 22.9 Å². The van der Waals surface area contributed by atoms with Gasteiger partial charge in [0.1, 0.15) is 5.01 Å². The van der Waals surface area contributed by atoms with Crippen LogP contribution in [-0.2, 0) is 16.4 Å². The number of halogens is 1. The molecule has 0 amide bonds. The number of hydrogen-bond acceptors (Lipinski definition) is 6. The van der Waals surface area contributed by atoms with Gasteiger partial charge in [0.2, 0.25) is 10.0 Å². The van der Waals surface area contributed by atoms with Crippen molar-refractivity contribution in [3.05, 3.63) is 74.2 Å². The Hall–Kier alpha value is -2.33. The minimum atomic E-state index is -4.05. The molecule has 0 aliphatic carbocycles. The van der Waals surface area contributed by atoms with E-state index in [1.165, 1.54) is 17.4 Å². The van der Waals surface area contributed by atoms with Crippen molar-refractivity contribution in [2.45, 2.75) is 18.2 Å². The number of rotatable bonds is 7. The maximum atomic E-state index is 12.4. The third kappa shape index (κ3) is 4.74. The van der Waals surface area contributed by atoms with Crippen molar-refractivity contribution in [3.8, 4) is 10.6 Å². The zero-order valence-electron chi connectivity index (χ0n) is 14.8. The zero-order chi connectivity index (χ0) is 20.3. The predicted octanol–water partition coefficient (Wildman–Crippen LogP) is 4.20. The minimum absolute atomic E-state index is 0.0686. The average molecular weight is 438 g/mol. The fourth-order valence-corrected chi connectivity index (χ4v) is 4.71. The van der Waals surface area contributed by atoms with Crippen LogP contribution in [-0.4, -0.2) is 24.9 Å². The Kier molecular flexibility index (Phi) is 6.09. The quantitative estimate of drug-likeness (QED) is 0.440. The standard InChI is InChI=1S/C18H16ClN3O4S2/c1-12-2-4-13(5-3-12)18-21-15(11-27-18)8-9-20-28(25,26)17-7-6-14(19)10-16(17)22(23)24/h2-7,10-11,20H,8-9H2,1H3. The fourth-order valence-electron chi connectivity index (χ4n) is 2.50. The van der Waals surface area contributed by atoms with Gasteiger partial charge in [-0.2, -0.15) is 0 Å². The fraction of sp³-hybridized carbons (Fsp3) is 0.167. The summed E-state index contributed by atoms with van der Waals surface area (Å²) in [5.41, 5.74) is 2.34. The number of hydrogen-bond donors (Lipinski definition) is 1. The van der Waals surface area contributed by atoms with Gasteiger partial charge in [-0.05, 0) is 19.1 Å². The highest BCUT2D eigenvalue weighted by atomic mass is 35.5.